The van der Waals surface area contributed by atoms with E-state index in [1.807, 2.05) is 0 Å². The van der Waals surface area contributed by atoms with Gasteiger partial charge in [-0.15, -0.1) is 0 Å². The largest absolute Gasteiger partial charge is 0.398 e. The summed E-state index contributed by atoms with van der Waals surface area (Å²) in [7, 11) is -6.78. The SMILES string of the molecule is Cc1c(N)cccc1S(=O)(=O)N1CCS(=O)(=O)CC1. The summed E-state index contributed by atoms with van der Waals surface area (Å²) < 4.78 is 48.8. The molecule has 6 nitrogen and oxygen atoms in total. The van der Waals surface area contributed by atoms with Crippen LogP contribution in [0.5, 0.6) is 0 Å². The molecule has 0 radical (unpaired) electrons. The average Bonchev–Trinajstić information content (AvgIpc) is 2.32. The summed E-state index contributed by atoms with van der Waals surface area (Å²) in [4.78, 5) is 0.145. The molecule has 0 spiro atoms. The summed E-state index contributed by atoms with van der Waals surface area (Å²) in [6, 6.07) is 4.70. The minimum absolute atomic E-state index is 0.00109. The molecular formula is C11H16N2O4S2. The molecule has 0 unspecified atom stereocenters. The fourth-order valence-electron chi connectivity index (χ4n) is 1.99. The van der Waals surface area contributed by atoms with Crippen LogP contribution in [-0.2, 0) is 19.9 Å². The van der Waals surface area contributed by atoms with E-state index in [2.05, 4.69) is 0 Å². The van der Waals surface area contributed by atoms with Crippen LogP contribution in [0.4, 0.5) is 5.69 Å². The molecule has 8 heteroatoms. The number of benzene rings is 1. The third kappa shape index (κ3) is 2.75. The van der Waals surface area contributed by atoms with Crippen molar-refractivity contribution < 1.29 is 16.8 Å². The maximum absolute atomic E-state index is 12.4. The molecule has 2 rings (SSSR count). The van der Waals surface area contributed by atoms with E-state index >= 15 is 0 Å². The predicted molar refractivity (Wildman–Crippen MR) is 73.0 cm³/mol. The van der Waals surface area contributed by atoms with E-state index in [4.69, 9.17) is 5.73 Å². The molecule has 19 heavy (non-hydrogen) atoms. The summed E-state index contributed by atoms with van der Waals surface area (Å²) >= 11 is 0. The number of hydrogen-bond acceptors (Lipinski definition) is 5. The molecule has 1 aliphatic heterocycles. The van der Waals surface area contributed by atoms with E-state index in [9.17, 15) is 16.8 Å². The lowest BCUT2D eigenvalue weighted by Crippen LogP contribution is -2.43. The summed E-state index contributed by atoms with van der Waals surface area (Å²) in [6.45, 7) is 1.64. The van der Waals surface area contributed by atoms with Gasteiger partial charge < -0.3 is 5.73 Å². The van der Waals surface area contributed by atoms with Gasteiger partial charge in [-0.2, -0.15) is 4.31 Å². The molecule has 0 aromatic heterocycles. The van der Waals surface area contributed by atoms with Crippen molar-refractivity contribution in [3.8, 4) is 0 Å². The van der Waals surface area contributed by atoms with Gasteiger partial charge in [0, 0.05) is 18.8 Å². The van der Waals surface area contributed by atoms with Gasteiger partial charge in [-0.1, -0.05) is 6.07 Å². The van der Waals surface area contributed by atoms with Crippen LogP contribution in [0.2, 0.25) is 0 Å². The van der Waals surface area contributed by atoms with Crippen molar-refractivity contribution in [1.29, 1.82) is 0 Å². The molecule has 0 saturated carbocycles. The third-order valence-electron chi connectivity index (χ3n) is 3.25. The molecule has 2 N–H and O–H groups in total. The van der Waals surface area contributed by atoms with Crippen molar-refractivity contribution in [3.63, 3.8) is 0 Å². The average molecular weight is 304 g/mol. The van der Waals surface area contributed by atoms with Gasteiger partial charge in [-0.25, -0.2) is 16.8 Å². The van der Waals surface area contributed by atoms with Gasteiger partial charge in [-0.05, 0) is 24.6 Å². The van der Waals surface area contributed by atoms with Gasteiger partial charge in [0.1, 0.15) is 0 Å². The first-order valence-electron chi connectivity index (χ1n) is 5.80. The van der Waals surface area contributed by atoms with Crippen molar-refractivity contribution in [1.82, 2.24) is 4.31 Å². The van der Waals surface area contributed by atoms with Gasteiger partial charge in [0.2, 0.25) is 10.0 Å². The Labute approximate surface area is 113 Å². The molecule has 106 valence electrons. The molecule has 0 bridgehead atoms. The van der Waals surface area contributed by atoms with Crippen LogP contribution in [0, 0.1) is 6.92 Å². The number of sulfone groups is 1. The molecule has 1 aliphatic rings. The maximum atomic E-state index is 12.4. The molecule has 1 heterocycles. The molecule has 1 saturated heterocycles. The molecular weight excluding hydrogens is 288 g/mol. The van der Waals surface area contributed by atoms with Crippen LogP contribution in [0.15, 0.2) is 23.1 Å². The van der Waals surface area contributed by atoms with E-state index in [-0.39, 0.29) is 29.5 Å². The van der Waals surface area contributed by atoms with Crippen molar-refractivity contribution in [2.75, 3.05) is 30.3 Å². The minimum atomic E-state index is -3.68. The summed E-state index contributed by atoms with van der Waals surface area (Å²) in [6.07, 6.45) is 0. The lowest BCUT2D eigenvalue weighted by molar-refractivity contribution is 0.430. The quantitative estimate of drug-likeness (QED) is 0.775. The van der Waals surface area contributed by atoms with Crippen LogP contribution in [0.1, 0.15) is 5.56 Å². The number of nitrogens with zero attached hydrogens (tertiary/aromatic N) is 1. The van der Waals surface area contributed by atoms with Crippen LogP contribution >= 0.6 is 0 Å². The highest BCUT2D eigenvalue weighted by Crippen LogP contribution is 2.24. The van der Waals surface area contributed by atoms with Crippen LogP contribution in [0.3, 0.4) is 0 Å². The van der Waals surface area contributed by atoms with Crippen molar-refractivity contribution in [2.24, 2.45) is 0 Å². The third-order valence-corrected chi connectivity index (χ3v) is 6.90. The Morgan fingerprint density at radius 3 is 2.37 bits per heavy atom. The number of anilines is 1. The Hall–Kier alpha value is -1.12. The fourth-order valence-corrected chi connectivity index (χ4v) is 5.12. The number of rotatable bonds is 2. The Balaban J connectivity index is 2.36. The zero-order chi connectivity index (χ0) is 14.3. The highest BCUT2D eigenvalue weighted by atomic mass is 32.2. The predicted octanol–water partition coefficient (Wildman–Crippen LogP) is -0.00368. The van der Waals surface area contributed by atoms with Crippen LogP contribution in [-0.4, -0.2) is 45.7 Å². The Kier molecular flexibility index (Phi) is 3.59. The summed E-state index contributed by atoms with van der Waals surface area (Å²) in [5, 5.41) is 0. The second-order valence-electron chi connectivity index (χ2n) is 4.53. The van der Waals surface area contributed by atoms with Gasteiger partial charge in [-0.3, -0.25) is 0 Å². The van der Waals surface area contributed by atoms with Gasteiger partial charge in [0.05, 0.1) is 16.4 Å². The highest BCUT2D eigenvalue weighted by molar-refractivity contribution is 7.92. The molecule has 1 fully saturated rings. The van der Waals surface area contributed by atoms with E-state index in [1.54, 1.807) is 19.1 Å². The topological polar surface area (TPSA) is 97.5 Å². The maximum Gasteiger partial charge on any atom is 0.243 e. The zero-order valence-electron chi connectivity index (χ0n) is 10.5. The highest BCUT2D eigenvalue weighted by Gasteiger charge is 2.32. The lowest BCUT2D eigenvalue weighted by Gasteiger charge is -2.26. The number of sulfonamides is 1. The first-order chi connectivity index (χ1) is 8.74. The first-order valence-corrected chi connectivity index (χ1v) is 9.06. The van der Waals surface area contributed by atoms with Gasteiger partial charge in [0.15, 0.2) is 9.84 Å². The summed E-state index contributed by atoms with van der Waals surface area (Å²) in [5.41, 5.74) is 6.62. The standard InChI is InChI=1S/C11H16N2O4S2/c1-9-10(12)3-2-4-11(9)19(16,17)13-5-7-18(14,15)8-6-13/h2-4H,5-8,12H2,1H3. The van der Waals surface area contributed by atoms with E-state index in [0.717, 1.165) is 0 Å². The lowest BCUT2D eigenvalue weighted by atomic mass is 10.2. The smallest absolute Gasteiger partial charge is 0.243 e. The summed E-state index contributed by atoms with van der Waals surface area (Å²) in [5.74, 6) is -0.263. The Bertz CT molecular complexity index is 681. The second kappa shape index (κ2) is 4.77. The van der Waals surface area contributed by atoms with Gasteiger partial charge in [0.25, 0.3) is 0 Å². The Morgan fingerprint density at radius 1 is 1.21 bits per heavy atom. The molecule has 0 amide bonds. The van der Waals surface area contributed by atoms with E-state index in [1.165, 1.54) is 10.4 Å². The monoisotopic (exact) mass is 304 g/mol. The molecule has 0 atom stereocenters. The second-order valence-corrected chi connectivity index (χ2v) is 8.74. The minimum Gasteiger partial charge on any atom is -0.398 e. The number of nitrogens with two attached hydrogens (primary N) is 1. The molecule has 1 aromatic rings. The van der Waals surface area contributed by atoms with Crippen molar-refractivity contribution in [2.45, 2.75) is 11.8 Å². The molecule has 1 aromatic carbocycles. The van der Waals surface area contributed by atoms with Crippen molar-refractivity contribution in [3.05, 3.63) is 23.8 Å². The van der Waals surface area contributed by atoms with E-state index < -0.39 is 19.9 Å². The zero-order valence-corrected chi connectivity index (χ0v) is 12.2. The van der Waals surface area contributed by atoms with Crippen molar-refractivity contribution >= 4 is 25.5 Å². The van der Waals surface area contributed by atoms with Crippen LogP contribution in [0.25, 0.3) is 0 Å². The number of nitrogen functional groups attached to an aromatic ring is 1. The number of hydrogen-bond donors (Lipinski definition) is 1. The first kappa shape index (κ1) is 14.3. The van der Waals surface area contributed by atoms with Gasteiger partial charge >= 0.3 is 0 Å². The fraction of sp³-hybridized carbons (Fsp3) is 0.455. The van der Waals surface area contributed by atoms with E-state index in [0.29, 0.717) is 11.3 Å². The Morgan fingerprint density at radius 2 is 1.79 bits per heavy atom. The molecule has 0 aliphatic carbocycles. The van der Waals surface area contributed by atoms with Crippen LogP contribution < -0.4 is 5.73 Å². The normalized spacial score (nSPS) is 20.3.